The zero-order valence-electron chi connectivity index (χ0n) is 7.50. The Kier molecular flexibility index (Phi) is 2.46. The third kappa shape index (κ3) is 1.90. The molecule has 4 heteroatoms. The number of benzene rings is 1. The monoisotopic (exact) mass is 255 g/mol. The van der Waals surface area contributed by atoms with Gasteiger partial charge in [-0.3, -0.25) is 4.79 Å². The molecule has 0 aliphatic heterocycles. The van der Waals surface area contributed by atoms with Crippen molar-refractivity contribution < 1.29 is 9.53 Å². The van der Waals surface area contributed by atoms with E-state index in [1.165, 1.54) is 0 Å². The van der Waals surface area contributed by atoms with Crippen molar-refractivity contribution in [2.45, 2.75) is 18.9 Å². The van der Waals surface area contributed by atoms with E-state index in [4.69, 9.17) is 10.5 Å². The number of anilines is 1. The molecular weight excluding hydrogens is 246 g/mol. The lowest BCUT2D eigenvalue weighted by molar-refractivity contribution is 0.112. The normalized spacial score (nSPS) is 15.2. The van der Waals surface area contributed by atoms with Gasteiger partial charge in [0, 0.05) is 10.0 Å². The fourth-order valence-electron chi connectivity index (χ4n) is 1.16. The second-order valence-corrected chi connectivity index (χ2v) is 4.20. The minimum Gasteiger partial charge on any atom is -0.490 e. The third-order valence-electron chi connectivity index (χ3n) is 2.09. The fourth-order valence-corrected chi connectivity index (χ4v) is 1.61. The molecule has 0 atom stereocenters. The van der Waals surface area contributed by atoms with Crippen LogP contribution in [0.1, 0.15) is 23.2 Å². The van der Waals surface area contributed by atoms with Crippen LogP contribution in [-0.2, 0) is 0 Å². The molecule has 1 aliphatic carbocycles. The number of carbonyl (C=O) groups excluding carboxylic acids is 1. The first-order valence-electron chi connectivity index (χ1n) is 4.41. The number of hydrogen-bond acceptors (Lipinski definition) is 3. The molecule has 0 saturated heterocycles. The Morgan fingerprint density at radius 3 is 2.79 bits per heavy atom. The van der Waals surface area contributed by atoms with Crippen LogP contribution in [0.25, 0.3) is 0 Å². The van der Waals surface area contributed by atoms with E-state index in [0.717, 1.165) is 19.1 Å². The van der Waals surface area contributed by atoms with E-state index in [1.807, 2.05) is 0 Å². The molecule has 0 radical (unpaired) electrons. The summed E-state index contributed by atoms with van der Waals surface area (Å²) in [5.41, 5.74) is 6.60. The largest absolute Gasteiger partial charge is 0.490 e. The van der Waals surface area contributed by atoms with E-state index < -0.39 is 0 Å². The fraction of sp³-hybridized carbons (Fsp3) is 0.300. The molecule has 74 valence electrons. The molecule has 14 heavy (non-hydrogen) atoms. The highest BCUT2D eigenvalue weighted by Crippen LogP contribution is 2.32. The molecule has 1 saturated carbocycles. The van der Waals surface area contributed by atoms with E-state index in [2.05, 4.69) is 15.9 Å². The van der Waals surface area contributed by atoms with Crippen LogP contribution in [0.15, 0.2) is 16.6 Å². The highest BCUT2D eigenvalue weighted by molar-refractivity contribution is 9.10. The third-order valence-corrected chi connectivity index (χ3v) is 2.75. The molecule has 1 fully saturated rings. The van der Waals surface area contributed by atoms with Gasteiger partial charge >= 0.3 is 0 Å². The zero-order chi connectivity index (χ0) is 10.1. The topological polar surface area (TPSA) is 52.3 Å². The standard InChI is InChI=1S/C10H10BrNO2/c11-9-4-8(14-7-1-2-7)3-6(5-13)10(9)12/h3-5,7H,1-2,12H2. The first-order chi connectivity index (χ1) is 6.70. The van der Waals surface area contributed by atoms with Gasteiger partial charge in [-0.25, -0.2) is 0 Å². The van der Waals surface area contributed by atoms with E-state index in [1.54, 1.807) is 12.1 Å². The van der Waals surface area contributed by atoms with Crippen LogP contribution >= 0.6 is 15.9 Å². The van der Waals surface area contributed by atoms with E-state index in [-0.39, 0.29) is 0 Å². The van der Waals surface area contributed by atoms with Gasteiger partial charge in [0.25, 0.3) is 0 Å². The van der Waals surface area contributed by atoms with Crippen LogP contribution in [0.5, 0.6) is 5.75 Å². The summed E-state index contributed by atoms with van der Waals surface area (Å²) in [4.78, 5) is 10.7. The van der Waals surface area contributed by atoms with Crippen molar-refractivity contribution in [1.29, 1.82) is 0 Å². The van der Waals surface area contributed by atoms with Gasteiger partial charge in [-0.1, -0.05) is 0 Å². The number of hydrogen-bond donors (Lipinski definition) is 1. The second kappa shape index (κ2) is 3.61. The van der Waals surface area contributed by atoms with Crippen LogP contribution in [0.4, 0.5) is 5.69 Å². The van der Waals surface area contributed by atoms with Gasteiger partial charge in [0.1, 0.15) is 5.75 Å². The van der Waals surface area contributed by atoms with E-state index in [9.17, 15) is 4.79 Å². The van der Waals surface area contributed by atoms with Crippen molar-refractivity contribution in [1.82, 2.24) is 0 Å². The average Bonchev–Trinajstić information content (AvgIpc) is 2.95. The summed E-state index contributed by atoms with van der Waals surface area (Å²) < 4.78 is 6.27. The molecule has 1 aromatic carbocycles. The van der Waals surface area contributed by atoms with Crippen molar-refractivity contribution in [2.75, 3.05) is 5.73 Å². The minimum atomic E-state index is 0.324. The molecule has 1 aliphatic rings. The molecule has 2 N–H and O–H groups in total. The molecule has 0 spiro atoms. The molecule has 0 unspecified atom stereocenters. The van der Waals surface area contributed by atoms with Gasteiger partial charge in [0.2, 0.25) is 0 Å². The predicted molar refractivity (Wildman–Crippen MR) is 57.6 cm³/mol. The Bertz CT molecular complexity index is 375. The quantitative estimate of drug-likeness (QED) is 0.667. The van der Waals surface area contributed by atoms with Crippen LogP contribution in [0, 0.1) is 0 Å². The van der Waals surface area contributed by atoms with Crippen molar-refractivity contribution in [3.05, 3.63) is 22.2 Å². The Morgan fingerprint density at radius 1 is 1.50 bits per heavy atom. The van der Waals surface area contributed by atoms with Crippen LogP contribution in [-0.4, -0.2) is 12.4 Å². The summed E-state index contributed by atoms with van der Waals surface area (Å²) in [6.07, 6.45) is 3.25. The number of halogens is 1. The van der Waals surface area contributed by atoms with Gasteiger partial charge in [0.05, 0.1) is 11.8 Å². The van der Waals surface area contributed by atoms with Crippen LogP contribution in [0.3, 0.4) is 0 Å². The number of aldehydes is 1. The Balaban J connectivity index is 2.31. The van der Waals surface area contributed by atoms with Crippen LogP contribution in [0.2, 0.25) is 0 Å². The molecular formula is C10H10BrNO2. The summed E-state index contributed by atoms with van der Waals surface area (Å²) in [5, 5.41) is 0. The summed E-state index contributed by atoms with van der Waals surface area (Å²) in [7, 11) is 0. The van der Waals surface area contributed by atoms with Crippen molar-refractivity contribution in [3.8, 4) is 5.75 Å². The van der Waals surface area contributed by atoms with E-state index >= 15 is 0 Å². The highest BCUT2D eigenvalue weighted by atomic mass is 79.9. The number of rotatable bonds is 3. The average molecular weight is 256 g/mol. The Labute approximate surface area is 90.4 Å². The van der Waals surface area contributed by atoms with Crippen molar-refractivity contribution >= 4 is 27.9 Å². The molecule has 2 rings (SSSR count). The molecule has 3 nitrogen and oxygen atoms in total. The zero-order valence-corrected chi connectivity index (χ0v) is 9.08. The van der Waals surface area contributed by atoms with Crippen LogP contribution < -0.4 is 10.5 Å². The molecule has 1 aromatic rings. The van der Waals surface area contributed by atoms with E-state index in [0.29, 0.717) is 27.6 Å². The number of nitrogen functional groups attached to an aromatic ring is 1. The smallest absolute Gasteiger partial charge is 0.152 e. The van der Waals surface area contributed by atoms with Crippen molar-refractivity contribution in [3.63, 3.8) is 0 Å². The molecule has 0 heterocycles. The Hall–Kier alpha value is -1.03. The first kappa shape index (κ1) is 9.52. The number of nitrogens with two attached hydrogens (primary N) is 1. The molecule has 0 bridgehead atoms. The predicted octanol–water partition coefficient (Wildman–Crippen LogP) is 2.39. The van der Waals surface area contributed by atoms with Gasteiger partial charge in [-0.15, -0.1) is 0 Å². The molecule has 0 amide bonds. The maximum atomic E-state index is 10.7. The minimum absolute atomic E-state index is 0.324. The lowest BCUT2D eigenvalue weighted by Gasteiger charge is -2.08. The second-order valence-electron chi connectivity index (χ2n) is 3.34. The first-order valence-corrected chi connectivity index (χ1v) is 5.21. The van der Waals surface area contributed by atoms with Gasteiger partial charge in [-0.05, 0) is 40.9 Å². The number of carbonyl (C=O) groups is 1. The summed E-state index contributed by atoms with van der Waals surface area (Å²) in [6, 6.07) is 3.46. The number of ether oxygens (including phenoxy) is 1. The Morgan fingerprint density at radius 2 is 2.21 bits per heavy atom. The SMILES string of the molecule is Nc1c(Br)cc(OC2CC2)cc1C=O. The van der Waals surface area contributed by atoms with Gasteiger partial charge in [0.15, 0.2) is 6.29 Å². The maximum absolute atomic E-state index is 10.7. The molecule has 0 aromatic heterocycles. The maximum Gasteiger partial charge on any atom is 0.152 e. The highest BCUT2D eigenvalue weighted by Gasteiger charge is 2.24. The van der Waals surface area contributed by atoms with Gasteiger partial charge < -0.3 is 10.5 Å². The lowest BCUT2D eigenvalue weighted by Crippen LogP contribution is -1.99. The van der Waals surface area contributed by atoms with Gasteiger partial charge in [-0.2, -0.15) is 0 Å². The summed E-state index contributed by atoms with van der Waals surface area (Å²) >= 11 is 3.28. The summed E-state index contributed by atoms with van der Waals surface area (Å²) in [5.74, 6) is 0.704. The van der Waals surface area contributed by atoms with Crippen molar-refractivity contribution in [2.24, 2.45) is 0 Å². The lowest BCUT2D eigenvalue weighted by atomic mass is 10.2. The summed E-state index contributed by atoms with van der Waals surface area (Å²) in [6.45, 7) is 0.